The maximum Gasteiger partial charge on any atom is 0.0727 e. The molecule has 0 aliphatic rings. The molecule has 0 saturated heterocycles. The van der Waals surface area contributed by atoms with Crippen molar-refractivity contribution in [1.82, 2.24) is 4.98 Å². The molecule has 1 aromatic carbocycles. The lowest BCUT2D eigenvalue weighted by molar-refractivity contribution is 0.302. The Kier molecular flexibility index (Phi) is 3.87. The van der Waals surface area contributed by atoms with Crippen molar-refractivity contribution in [2.75, 3.05) is 11.1 Å². The average molecular weight is 285 g/mol. The molecule has 114 valence electrons. The summed E-state index contributed by atoms with van der Waals surface area (Å²) in [6.07, 6.45) is 1.07. The molecule has 0 fully saturated rings. The molecule has 0 aliphatic carbocycles. The van der Waals surface area contributed by atoms with E-state index in [1.54, 1.807) is 0 Å². The minimum absolute atomic E-state index is 0.00355. The SMILES string of the molecule is Cc1cc(NC(C)(C)CC(C)(C)C)c2cc(N)ccc2n1. The average Bonchev–Trinajstić information content (AvgIpc) is 2.26. The van der Waals surface area contributed by atoms with Gasteiger partial charge in [0.15, 0.2) is 0 Å². The Morgan fingerprint density at radius 2 is 1.76 bits per heavy atom. The van der Waals surface area contributed by atoms with Gasteiger partial charge in [0.25, 0.3) is 0 Å². The highest BCUT2D eigenvalue weighted by Crippen LogP contribution is 2.33. The highest BCUT2D eigenvalue weighted by Gasteiger charge is 2.25. The zero-order valence-corrected chi connectivity index (χ0v) is 14.0. The van der Waals surface area contributed by atoms with Crippen molar-refractivity contribution in [2.45, 2.75) is 53.5 Å². The molecule has 0 saturated carbocycles. The van der Waals surface area contributed by atoms with Crippen LogP contribution in [0.2, 0.25) is 0 Å². The second kappa shape index (κ2) is 5.21. The molecular formula is C18H27N3. The third-order valence-electron chi connectivity index (χ3n) is 3.41. The summed E-state index contributed by atoms with van der Waals surface area (Å²) < 4.78 is 0. The molecular weight excluding hydrogens is 258 g/mol. The summed E-state index contributed by atoms with van der Waals surface area (Å²) in [6.45, 7) is 13.3. The van der Waals surface area contributed by atoms with Crippen molar-refractivity contribution in [3.05, 3.63) is 30.0 Å². The topological polar surface area (TPSA) is 50.9 Å². The summed E-state index contributed by atoms with van der Waals surface area (Å²) in [7, 11) is 0. The van der Waals surface area contributed by atoms with E-state index in [2.05, 4.69) is 51.0 Å². The summed E-state index contributed by atoms with van der Waals surface area (Å²) >= 11 is 0. The quantitative estimate of drug-likeness (QED) is 0.800. The third-order valence-corrected chi connectivity index (χ3v) is 3.41. The van der Waals surface area contributed by atoms with Crippen LogP contribution in [0.3, 0.4) is 0 Å². The number of aromatic nitrogens is 1. The first-order chi connectivity index (χ1) is 9.56. The van der Waals surface area contributed by atoms with E-state index in [0.717, 1.165) is 34.4 Å². The molecule has 0 amide bonds. The van der Waals surface area contributed by atoms with Crippen LogP contribution in [-0.4, -0.2) is 10.5 Å². The fourth-order valence-corrected chi connectivity index (χ4v) is 3.21. The number of rotatable bonds is 3. The van der Waals surface area contributed by atoms with Crippen LogP contribution in [-0.2, 0) is 0 Å². The lowest BCUT2D eigenvalue weighted by Gasteiger charge is -2.34. The Labute approximate surface area is 128 Å². The fraction of sp³-hybridized carbons (Fsp3) is 0.500. The second-order valence-corrected chi connectivity index (χ2v) is 7.83. The summed E-state index contributed by atoms with van der Waals surface area (Å²) in [4.78, 5) is 4.59. The molecule has 0 atom stereocenters. The van der Waals surface area contributed by atoms with Crippen LogP contribution in [0, 0.1) is 12.3 Å². The molecule has 0 radical (unpaired) electrons. The van der Waals surface area contributed by atoms with Crippen LogP contribution in [0.5, 0.6) is 0 Å². The lowest BCUT2D eigenvalue weighted by Crippen LogP contribution is -2.35. The zero-order valence-electron chi connectivity index (χ0n) is 14.0. The van der Waals surface area contributed by atoms with Crippen molar-refractivity contribution in [1.29, 1.82) is 0 Å². The van der Waals surface area contributed by atoms with Crippen molar-refractivity contribution in [2.24, 2.45) is 5.41 Å². The van der Waals surface area contributed by atoms with E-state index in [9.17, 15) is 0 Å². The van der Waals surface area contributed by atoms with E-state index >= 15 is 0 Å². The van der Waals surface area contributed by atoms with Gasteiger partial charge < -0.3 is 11.1 Å². The van der Waals surface area contributed by atoms with Gasteiger partial charge in [-0.25, -0.2) is 0 Å². The molecule has 3 heteroatoms. The number of pyridine rings is 1. The number of hydrogen-bond donors (Lipinski definition) is 2. The number of aryl methyl sites for hydroxylation is 1. The molecule has 1 aromatic heterocycles. The molecule has 21 heavy (non-hydrogen) atoms. The predicted molar refractivity (Wildman–Crippen MR) is 92.7 cm³/mol. The maximum atomic E-state index is 5.94. The highest BCUT2D eigenvalue weighted by atomic mass is 15.0. The first-order valence-electron chi connectivity index (χ1n) is 7.51. The first-order valence-corrected chi connectivity index (χ1v) is 7.51. The molecule has 3 nitrogen and oxygen atoms in total. The van der Waals surface area contributed by atoms with E-state index in [4.69, 9.17) is 5.73 Å². The zero-order chi connectivity index (χ0) is 15.8. The van der Waals surface area contributed by atoms with Crippen LogP contribution >= 0.6 is 0 Å². The normalized spacial score (nSPS) is 12.7. The first kappa shape index (κ1) is 15.6. The third kappa shape index (κ3) is 4.10. The van der Waals surface area contributed by atoms with Crippen molar-refractivity contribution < 1.29 is 0 Å². The molecule has 0 bridgehead atoms. The molecule has 0 spiro atoms. The van der Waals surface area contributed by atoms with Crippen molar-refractivity contribution in [3.8, 4) is 0 Å². The van der Waals surface area contributed by atoms with Gasteiger partial charge in [-0.05, 0) is 56.9 Å². The smallest absolute Gasteiger partial charge is 0.0727 e. The van der Waals surface area contributed by atoms with Crippen molar-refractivity contribution in [3.63, 3.8) is 0 Å². The van der Waals surface area contributed by atoms with Gasteiger partial charge >= 0.3 is 0 Å². The highest BCUT2D eigenvalue weighted by molar-refractivity contribution is 5.93. The number of hydrogen-bond acceptors (Lipinski definition) is 3. The van der Waals surface area contributed by atoms with E-state index in [1.807, 2.05) is 25.1 Å². The Morgan fingerprint density at radius 1 is 1.10 bits per heavy atom. The summed E-state index contributed by atoms with van der Waals surface area (Å²) in [5.41, 5.74) is 10.1. The number of fused-ring (bicyclic) bond motifs is 1. The number of nitrogens with two attached hydrogens (primary N) is 1. The number of benzene rings is 1. The number of nitrogens with zero attached hydrogens (tertiary/aromatic N) is 1. The number of nitrogen functional groups attached to an aromatic ring is 1. The van der Waals surface area contributed by atoms with Crippen LogP contribution < -0.4 is 11.1 Å². The Balaban J connectivity index is 2.44. The molecule has 2 rings (SSSR count). The Morgan fingerprint density at radius 3 is 2.38 bits per heavy atom. The van der Waals surface area contributed by atoms with Crippen LogP contribution in [0.4, 0.5) is 11.4 Å². The van der Waals surface area contributed by atoms with Gasteiger partial charge in [0.2, 0.25) is 0 Å². The molecule has 3 N–H and O–H groups in total. The molecule has 0 aliphatic heterocycles. The predicted octanol–water partition coefficient (Wildman–Crippen LogP) is 4.75. The van der Waals surface area contributed by atoms with Gasteiger partial charge in [0, 0.05) is 28.0 Å². The van der Waals surface area contributed by atoms with E-state index in [0.29, 0.717) is 0 Å². The minimum Gasteiger partial charge on any atom is -0.399 e. The van der Waals surface area contributed by atoms with E-state index in [1.165, 1.54) is 0 Å². The van der Waals surface area contributed by atoms with E-state index in [-0.39, 0.29) is 11.0 Å². The number of nitrogens with one attached hydrogen (secondary N) is 1. The summed E-state index contributed by atoms with van der Waals surface area (Å²) in [6, 6.07) is 7.99. The van der Waals surface area contributed by atoms with E-state index < -0.39 is 0 Å². The van der Waals surface area contributed by atoms with Crippen LogP contribution in [0.25, 0.3) is 10.9 Å². The van der Waals surface area contributed by atoms with Gasteiger partial charge in [-0.1, -0.05) is 20.8 Å². The Hall–Kier alpha value is -1.77. The standard InChI is InChI=1S/C18H27N3/c1-12-9-16(21-18(5,6)11-17(2,3)4)14-10-13(19)7-8-15(14)20-12/h7-10H,11,19H2,1-6H3,(H,20,21). The van der Waals surface area contributed by atoms with Crippen molar-refractivity contribution >= 4 is 22.3 Å². The van der Waals surface area contributed by atoms with Gasteiger partial charge in [-0.15, -0.1) is 0 Å². The molecule has 0 unspecified atom stereocenters. The lowest BCUT2D eigenvalue weighted by atomic mass is 9.81. The second-order valence-electron chi connectivity index (χ2n) is 7.83. The fourth-order valence-electron chi connectivity index (χ4n) is 3.21. The summed E-state index contributed by atoms with van der Waals surface area (Å²) in [5.74, 6) is 0. The molecule has 2 aromatic rings. The summed E-state index contributed by atoms with van der Waals surface area (Å²) in [5, 5.41) is 4.78. The minimum atomic E-state index is 0.00355. The number of anilines is 2. The largest absolute Gasteiger partial charge is 0.399 e. The van der Waals surface area contributed by atoms with Crippen LogP contribution in [0.15, 0.2) is 24.3 Å². The maximum absolute atomic E-state index is 5.94. The molecule has 1 heterocycles. The van der Waals surface area contributed by atoms with Gasteiger partial charge in [-0.2, -0.15) is 0 Å². The monoisotopic (exact) mass is 285 g/mol. The van der Waals surface area contributed by atoms with Crippen LogP contribution in [0.1, 0.15) is 46.7 Å². The van der Waals surface area contributed by atoms with Gasteiger partial charge in [0.1, 0.15) is 0 Å². The van der Waals surface area contributed by atoms with Gasteiger partial charge in [0.05, 0.1) is 5.52 Å². The Bertz CT molecular complexity index is 651. The van der Waals surface area contributed by atoms with Gasteiger partial charge in [-0.3, -0.25) is 4.98 Å².